The van der Waals surface area contributed by atoms with Crippen molar-refractivity contribution in [1.29, 1.82) is 0 Å². The number of sulfonamides is 1. The van der Waals surface area contributed by atoms with Crippen LogP contribution in [0.4, 0.5) is 11.4 Å². The Balaban J connectivity index is 1.78. The standard InChI is InChI=1S/C20H18N2O3S2/c1-26-18-10-6-8-16(14-18)21-20(23)15-7-5-9-17(13-15)22-27(24,25)19-11-3-2-4-12-19/h2-14,22H,1H3,(H,21,23). The smallest absolute Gasteiger partial charge is 0.261 e. The number of carbonyl (C=O) groups excluding carboxylic acids is 1. The van der Waals surface area contributed by atoms with E-state index in [1.54, 1.807) is 54.2 Å². The van der Waals surface area contributed by atoms with E-state index in [0.717, 1.165) is 4.90 Å². The molecule has 0 aliphatic rings. The van der Waals surface area contributed by atoms with Gasteiger partial charge in [-0.3, -0.25) is 9.52 Å². The van der Waals surface area contributed by atoms with Crippen molar-refractivity contribution in [2.24, 2.45) is 0 Å². The van der Waals surface area contributed by atoms with Crippen LogP contribution in [-0.4, -0.2) is 20.6 Å². The summed E-state index contributed by atoms with van der Waals surface area (Å²) < 4.78 is 27.4. The number of carbonyl (C=O) groups is 1. The second-order valence-corrected chi connectivity index (χ2v) is 8.25. The first kappa shape index (κ1) is 19.0. The summed E-state index contributed by atoms with van der Waals surface area (Å²) in [6.07, 6.45) is 1.96. The normalized spacial score (nSPS) is 11.0. The van der Waals surface area contributed by atoms with Gasteiger partial charge in [-0.15, -0.1) is 11.8 Å². The number of nitrogens with one attached hydrogen (secondary N) is 2. The predicted molar refractivity (Wildman–Crippen MR) is 110 cm³/mol. The third-order valence-electron chi connectivity index (χ3n) is 3.76. The first-order chi connectivity index (χ1) is 13.0. The highest BCUT2D eigenvalue weighted by molar-refractivity contribution is 7.98. The van der Waals surface area contributed by atoms with E-state index in [-0.39, 0.29) is 10.8 Å². The van der Waals surface area contributed by atoms with E-state index in [9.17, 15) is 13.2 Å². The Morgan fingerprint density at radius 1 is 0.852 bits per heavy atom. The van der Waals surface area contributed by atoms with Crippen molar-refractivity contribution in [3.8, 4) is 0 Å². The number of benzene rings is 3. The number of hydrogen-bond acceptors (Lipinski definition) is 4. The molecule has 0 unspecified atom stereocenters. The number of hydrogen-bond donors (Lipinski definition) is 2. The lowest BCUT2D eigenvalue weighted by atomic mass is 10.2. The number of thioether (sulfide) groups is 1. The second-order valence-electron chi connectivity index (χ2n) is 5.69. The zero-order valence-electron chi connectivity index (χ0n) is 14.5. The van der Waals surface area contributed by atoms with Crippen LogP contribution in [0.25, 0.3) is 0 Å². The molecular weight excluding hydrogens is 380 g/mol. The van der Waals surface area contributed by atoms with Gasteiger partial charge in [-0.2, -0.15) is 0 Å². The Kier molecular flexibility index (Phi) is 5.83. The fraction of sp³-hybridized carbons (Fsp3) is 0.0500. The number of rotatable bonds is 6. The molecule has 0 saturated heterocycles. The van der Waals surface area contributed by atoms with Crippen molar-refractivity contribution in [1.82, 2.24) is 0 Å². The van der Waals surface area contributed by atoms with Gasteiger partial charge in [0.15, 0.2) is 0 Å². The van der Waals surface area contributed by atoms with Gasteiger partial charge in [-0.05, 0) is 54.8 Å². The summed E-state index contributed by atoms with van der Waals surface area (Å²) in [7, 11) is -3.71. The third-order valence-corrected chi connectivity index (χ3v) is 5.88. The molecule has 27 heavy (non-hydrogen) atoms. The highest BCUT2D eigenvalue weighted by Gasteiger charge is 2.14. The summed E-state index contributed by atoms with van der Waals surface area (Å²) in [5.74, 6) is -0.311. The van der Waals surface area contributed by atoms with Crippen molar-refractivity contribution in [2.75, 3.05) is 16.3 Å². The Hall–Kier alpha value is -2.77. The molecule has 2 N–H and O–H groups in total. The van der Waals surface area contributed by atoms with E-state index in [0.29, 0.717) is 16.9 Å². The van der Waals surface area contributed by atoms with Gasteiger partial charge >= 0.3 is 0 Å². The minimum absolute atomic E-state index is 0.161. The van der Waals surface area contributed by atoms with Crippen LogP contribution in [0.2, 0.25) is 0 Å². The summed E-state index contributed by atoms with van der Waals surface area (Å²) >= 11 is 1.58. The SMILES string of the molecule is CSc1cccc(NC(=O)c2cccc(NS(=O)(=O)c3ccccc3)c2)c1. The van der Waals surface area contributed by atoms with Gasteiger partial charge in [-0.25, -0.2) is 8.42 Å². The average molecular weight is 399 g/mol. The molecule has 0 saturated carbocycles. The van der Waals surface area contributed by atoms with Crippen LogP contribution in [0.5, 0.6) is 0 Å². The van der Waals surface area contributed by atoms with E-state index >= 15 is 0 Å². The lowest BCUT2D eigenvalue weighted by Crippen LogP contribution is -2.15. The highest BCUT2D eigenvalue weighted by atomic mass is 32.2. The molecule has 3 aromatic carbocycles. The third kappa shape index (κ3) is 4.90. The lowest BCUT2D eigenvalue weighted by molar-refractivity contribution is 0.102. The van der Waals surface area contributed by atoms with Gasteiger partial charge in [0.2, 0.25) is 0 Å². The Morgan fingerprint density at radius 3 is 2.30 bits per heavy atom. The molecule has 0 radical (unpaired) electrons. The van der Waals surface area contributed by atoms with Gasteiger partial charge < -0.3 is 5.32 Å². The maximum absolute atomic E-state index is 12.5. The topological polar surface area (TPSA) is 75.3 Å². The molecule has 0 aliphatic carbocycles. The van der Waals surface area contributed by atoms with Gasteiger partial charge in [0.25, 0.3) is 15.9 Å². The van der Waals surface area contributed by atoms with Crippen molar-refractivity contribution >= 4 is 39.1 Å². The summed E-state index contributed by atoms with van der Waals surface area (Å²) in [5.41, 5.74) is 1.37. The molecule has 138 valence electrons. The van der Waals surface area contributed by atoms with Crippen molar-refractivity contribution in [3.05, 3.63) is 84.4 Å². The van der Waals surface area contributed by atoms with Crippen molar-refractivity contribution < 1.29 is 13.2 Å². The average Bonchev–Trinajstić information content (AvgIpc) is 2.68. The maximum atomic E-state index is 12.5. The molecular formula is C20H18N2O3S2. The summed E-state index contributed by atoms with van der Waals surface area (Å²) in [4.78, 5) is 13.7. The molecule has 5 nitrogen and oxygen atoms in total. The molecule has 0 heterocycles. The molecule has 0 aromatic heterocycles. The Bertz CT molecular complexity index is 1050. The number of anilines is 2. The molecule has 0 spiro atoms. The predicted octanol–water partition coefficient (Wildman–Crippen LogP) is 4.46. The van der Waals surface area contributed by atoms with Gasteiger partial charge in [0.05, 0.1) is 4.90 Å². The molecule has 3 rings (SSSR count). The molecule has 0 atom stereocenters. The fourth-order valence-electron chi connectivity index (χ4n) is 2.44. The van der Waals surface area contributed by atoms with Crippen LogP contribution in [0.15, 0.2) is 88.7 Å². The molecule has 0 fully saturated rings. The van der Waals surface area contributed by atoms with Gasteiger partial charge in [-0.1, -0.05) is 30.3 Å². The van der Waals surface area contributed by atoms with Crippen LogP contribution in [0.1, 0.15) is 10.4 Å². The Morgan fingerprint density at radius 2 is 1.56 bits per heavy atom. The number of amides is 1. The van der Waals surface area contributed by atoms with E-state index in [1.165, 1.54) is 18.2 Å². The van der Waals surface area contributed by atoms with Crippen LogP contribution >= 0.6 is 11.8 Å². The summed E-state index contributed by atoms with van der Waals surface area (Å²) in [5, 5.41) is 2.83. The van der Waals surface area contributed by atoms with Crippen LogP contribution in [0.3, 0.4) is 0 Å². The lowest BCUT2D eigenvalue weighted by Gasteiger charge is -2.10. The van der Waals surface area contributed by atoms with Crippen LogP contribution in [0, 0.1) is 0 Å². The van der Waals surface area contributed by atoms with Gasteiger partial charge in [0.1, 0.15) is 0 Å². The molecule has 0 bridgehead atoms. The quantitative estimate of drug-likeness (QED) is 0.601. The van der Waals surface area contributed by atoms with E-state index < -0.39 is 10.0 Å². The zero-order chi connectivity index (χ0) is 19.3. The van der Waals surface area contributed by atoms with Gasteiger partial charge in [0, 0.05) is 21.8 Å². The van der Waals surface area contributed by atoms with Crippen molar-refractivity contribution in [3.63, 3.8) is 0 Å². The maximum Gasteiger partial charge on any atom is 0.261 e. The minimum atomic E-state index is -3.71. The van der Waals surface area contributed by atoms with Crippen molar-refractivity contribution in [2.45, 2.75) is 9.79 Å². The highest BCUT2D eigenvalue weighted by Crippen LogP contribution is 2.21. The second kappa shape index (κ2) is 8.28. The Labute approximate surface area is 162 Å². The van der Waals surface area contributed by atoms with Crippen LogP contribution in [-0.2, 0) is 10.0 Å². The molecule has 3 aromatic rings. The molecule has 7 heteroatoms. The monoisotopic (exact) mass is 398 g/mol. The first-order valence-corrected chi connectivity index (χ1v) is 10.8. The molecule has 0 aliphatic heterocycles. The zero-order valence-corrected chi connectivity index (χ0v) is 16.2. The fourth-order valence-corrected chi connectivity index (χ4v) is 3.97. The van der Waals surface area contributed by atoms with E-state index in [1.807, 2.05) is 24.5 Å². The first-order valence-electron chi connectivity index (χ1n) is 8.11. The van der Waals surface area contributed by atoms with Crippen LogP contribution < -0.4 is 10.0 Å². The minimum Gasteiger partial charge on any atom is -0.322 e. The van der Waals surface area contributed by atoms with E-state index in [4.69, 9.17) is 0 Å². The largest absolute Gasteiger partial charge is 0.322 e. The molecule has 1 amide bonds. The summed E-state index contributed by atoms with van der Waals surface area (Å²) in [6, 6.07) is 22.0. The van der Waals surface area contributed by atoms with E-state index in [2.05, 4.69) is 10.0 Å². The summed E-state index contributed by atoms with van der Waals surface area (Å²) in [6.45, 7) is 0.